The van der Waals surface area contributed by atoms with E-state index in [4.69, 9.17) is 11.6 Å². The Hall–Kier alpha value is -0.140. The van der Waals surface area contributed by atoms with E-state index in [2.05, 4.69) is 6.58 Å². The summed E-state index contributed by atoms with van der Waals surface area (Å²) in [6.07, 6.45) is 7.49. The first-order chi connectivity index (χ1) is 4.76. The summed E-state index contributed by atoms with van der Waals surface area (Å²) in [5.41, 5.74) is 0. The zero-order chi connectivity index (χ0) is 7.98. The lowest BCUT2D eigenvalue weighted by molar-refractivity contribution is 1.70. The second-order valence-corrected chi connectivity index (χ2v) is 2.88. The van der Waals surface area contributed by atoms with Crippen LogP contribution in [0.2, 0.25) is 0 Å². The number of thioether (sulfide) groups is 1. The van der Waals surface area contributed by atoms with Gasteiger partial charge in [0, 0.05) is 4.91 Å². The summed E-state index contributed by atoms with van der Waals surface area (Å²) in [6.45, 7) is 5.57. The standard InChI is InChI=1S/C8H11ClS/c1-4-6-7(9)8(5-2)10-3/h4-6H,2H2,1,3H3/b6-4-,8-7-. The zero-order valence-corrected chi connectivity index (χ0v) is 7.80. The highest BCUT2D eigenvalue weighted by Gasteiger charge is 1.92. The first-order valence-electron chi connectivity index (χ1n) is 2.95. The topological polar surface area (TPSA) is 0 Å². The average molecular weight is 175 g/mol. The Labute approximate surface area is 71.7 Å². The van der Waals surface area contributed by atoms with Crippen molar-refractivity contribution in [3.05, 3.63) is 34.7 Å². The third-order valence-electron chi connectivity index (χ3n) is 0.954. The van der Waals surface area contributed by atoms with Crippen LogP contribution >= 0.6 is 23.4 Å². The molecule has 0 saturated carbocycles. The highest BCUT2D eigenvalue weighted by atomic mass is 35.5. The third-order valence-corrected chi connectivity index (χ3v) is 2.22. The van der Waals surface area contributed by atoms with Crippen LogP contribution in [-0.2, 0) is 0 Å². The summed E-state index contributed by atoms with van der Waals surface area (Å²) in [5.74, 6) is 0. The lowest BCUT2D eigenvalue weighted by Crippen LogP contribution is -1.71. The Balaban J connectivity index is 4.42. The van der Waals surface area contributed by atoms with Crippen LogP contribution in [0.25, 0.3) is 0 Å². The average Bonchev–Trinajstić information content (AvgIpc) is 1.91. The van der Waals surface area contributed by atoms with Crippen LogP contribution in [0.4, 0.5) is 0 Å². The Kier molecular flexibility index (Phi) is 5.55. The van der Waals surface area contributed by atoms with Crippen molar-refractivity contribution < 1.29 is 0 Å². The molecule has 0 aromatic heterocycles. The molecule has 0 fully saturated rings. The molecule has 0 radical (unpaired) electrons. The molecule has 0 amide bonds. The number of hydrogen-bond donors (Lipinski definition) is 0. The fourth-order valence-electron chi connectivity index (χ4n) is 0.507. The molecule has 0 heterocycles. The minimum absolute atomic E-state index is 0.755. The second-order valence-electron chi connectivity index (χ2n) is 1.62. The molecule has 0 aromatic rings. The smallest absolute Gasteiger partial charge is 0.0538 e. The second kappa shape index (κ2) is 5.63. The highest BCUT2D eigenvalue weighted by Crippen LogP contribution is 2.21. The van der Waals surface area contributed by atoms with Crippen molar-refractivity contribution in [2.45, 2.75) is 6.92 Å². The van der Waals surface area contributed by atoms with Crippen LogP contribution in [0.15, 0.2) is 34.7 Å². The number of allylic oxidation sites excluding steroid dienone is 4. The first-order valence-corrected chi connectivity index (χ1v) is 4.55. The molecule has 0 aliphatic carbocycles. The summed E-state index contributed by atoms with van der Waals surface area (Å²) < 4.78 is 0. The summed E-state index contributed by atoms with van der Waals surface area (Å²) >= 11 is 7.44. The first kappa shape index (κ1) is 9.86. The van der Waals surface area contributed by atoms with E-state index in [-0.39, 0.29) is 0 Å². The van der Waals surface area contributed by atoms with Crippen LogP contribution in [-0.4, -0.2) is 6.26 Å². The quantitative estimate of drug-likeness (QED) is 0.590. The van der Waals surface area contributed by atoms with Gasteiger partial charge >= 0.3 is 0 Å². The van der Waals surface area contributed by atoms with Crippen molar-refractivity contribution in [1.29, 1.82) is 0 Å². The van der Waals surface area contributed by atoms with Gasteiger partial charge in [-0.25, -0.2) is 0 Å². The van der Waals surface area contributed by atoms with E-state index in [1.807, 2.05) is 25.3 Å². The van der Waals surface area contributed by atoms with Crippen molar-refractivity contribution in [1.82, 2.24) is 0 Å². The van der Waals surface area contributed by atoms with Gasteiger partial charge in [0.25, 0.3) is 0 Å². The summed E-state index contributed by atoms with van der Waals surface area (Å²) in [5, 5.41) is 0.755. The Morgan fingerprint density at radius 3 is 2.50 bits per heavy atom. The molecule has 0 nitrogen and oxygen atoms in total. The maximum absolute atomic E-state index is 5.85. The lowest BCUT2D eigenvalue weighted by atomic mass is 10.4. The number of halogens is 1. The molecule has 0 bridgehead atoms. The fraction of sp³-hybridized carbons (Fsp3) is 0.250. The SMILES string of the molecule is C=C/C(SC)=C(Cl)\C=C/C. The van der Waals surface area contributed by atoms with Crippen LogP contribution in [0.5, 0.6) is 0 Å². The van der Waals surface area contributed by atoms with E-state index in [9.17, 15) is 0 Å². The number of rotatable bonds is 3. The van der Waals surface area contributed by atoms with Crippen LogP contribution in [0.3, 0.4) is 0 Å². The van der Waals surface area contributed by atoms with Gasteiger partial charge in [-0.15, -0.1) is 11.8 Å². The van der Waals surface area contributed by atoms with Gasteiger partial charge in [0.1, 0.15) is 0 Å². The van der Waals surface area contributed by atoms with Crippen molar-refractivity contribution >= 4 is 23.4 Å². The molecule has 56 valence electrons. The molecule has 0 N–H and O–H groups in total. The molecule has 0 aromatic carbocycles. The molecule has 0 saturated heterocycles. The molecule has 0 aliphatic rings. The monoisotopic (exact) mass is 174 g/mol. The molecule has 0 aliphatic heterocycles. The molecule has 2 heteroatoms. The number of hydrogen-bond acceptors (Lipinski definition) is 1. The van der Waals surface area contributed by atoms with E-state index in [0.29, 0.717) is 0 Å². The fourth-order valence-corrected chi connectivity index (χ4v) is 1.37. The predicted molar refractivity (Wildman–Crippen MR) is 51.4 cm³/mol. The molecular weight excluding hydrogens is 164 g/mol. The third kappa shape index (κ3) is 3.14. The van der Waals surface area contributed by atoms with Crippen molar-refractivity contribution in [2.75, 3.05) is 6.26 Å². The highest BCUT2D eigenvalue weighted by molar-refractivity contribution is 8.02. The maximum atomic E-state index is 5.85. The van der Waals surface area contributed by atoms with E-state index < -0.39 is 0 Å². The normalized spacial score (nSPS) is 13.5. The van der Waals surface area contributed by atoms with E-state index >= 15 is 0 Å². The van der Waals surface area contributed by atoms with Gasteiger partial charge in [0.2, 0.25) is 0 Å². The largest absolute Gasteiger partial charge is 0.128 e. The lowest BCUT2D eigenvalue weighted by Gasteiger charge is -1.95. The van der Waals surface area contributed by atoms with Gasteiger partial charge in [-0.3, -0.25) is 0 Å². The van der Waals surface area contributed by atoms with Gasteiger partial charge in [0.15, 0.2) is 0 Å². The van der Waals surface area contributed by atoms with E-state index in [1.54, 1.807) is 17.8 Å². The zero-order valence-electron chi connectivity index (χ0n) is 6.23. The molecule has 0 atom stereocenters. The molecule has 10 heavy (non-hydrogen) atoms. The summed E-state index contributed by atoms with van der Waals surface area (Å²) in [4.78, 5) is 1.01. The Morgan fingerprint density at radius 1 is 1.60 bits per heavy atom. The maximum Gasteiger partial charge on any atom is 0.0538 e. The van der Waals surface area contributed by atoms with Crippen molar-refractivity contribution in [3.63, 3.8) is 0 Å². The van der Waals surface area contributed by atoms with Gasteiger partial charge in [-0.1, -0.05) is 30.3 Å². The van der Waals surface area contributed by atoms with Crippen molar-refractivity contribution in [3.8, 4) is 0 Å². The molecule has 0 spiro atoms. The van der Waals surface area contributed by atoms with Crippen LogP contribution in [0, 0.1) is 0 Å². The van der Waals surface area contributed by atoms with Gasteiger partial charge in [-0.05, 0) is 19.3 Å². The Morgan fingerprint density at radius 2 is 2.20 bits per heavy atom. The van der Waals surface area contributed by atoms with Gasteiger partial charge in [-0.2, -0.15) is 0 Å². The summed E-state index contributed by atoms with van der Waals surface area (Å²) in [7, 11) is 0. The molecule has 0 rings (SSSR count). The Bertz CT molecular complexity index is 168. The van der Waals surface area contributed by atoms with E-state index in [0.717, 1.165) is 9.94 Å². The minimum atomic E-state index is 0.755. The van der Waals surface area contributed by atoms with Gasteiger partial charge < -0.3 is 0 Å². The van der Waals surface area contributed by atoms with Crippen molar-refractivity contribution in [2.24, 2.45) is 0 Å². The van der Waals surface area contributed by atoms with Gasteiger partial charge in [0.05, 0.1) is 5.03 Å². The molecule has 0 unspecified atom stereocenters. The summed E-state index contributed by atoms with van der Waals surface area (Å²) in [6, 6.07) is 0. The van der Waals surface area contributed by atoms with E-state index in [1.165, 1.54) is 0 Å². The minimum Gasteiger partial charge on any atom is -0.128 e. The molecular formula is C8H11ClS. The van der Waals surface area contributed by atoms with Crippen LogP contribution < -0.4 is 0 Å². The predicted octanol–water partition coefficient (Wildman–Crippen LogP) is 3.56. The van der Waals surface area contributed by atoms with Crippen LogP contribution in [0.1, 0.15) is 6.92 Å².